The van der Waals surface area contributed by atoms with Crippen LogP contribution in [0, 0.1) is 11.8 Å². The fourth-order valence-electron chi connectivity index (χ4n) is 4.19. The van der Waals surface area contributed by atoms with Crippen molar-refractivity contribution >= 4 is 11.7 Å². The van der Waals surface area contributed by atoms with Gasteiger partial charge in [0.25, 0.3) is 5.91 Å². The highest BCUT2D eigenvalue weighted by atomic mass is 16.1. The zero-order chi connectivity index (χ0) is 19.2. The van der Waals surface area contributed by atoms with Crippen molar-refractivity contribution in [1.29, 1.82) is 0 Å². The van der Waals surface area contributed by atoms with E-state index in [0.29, 0.717) is 29.5 Å². The average Bonchev–Trinajstić information content (AvgIpc) is 3.09. The summed E-state index contributed by atoms with van der Waals surface area (Å²) in [4.78, 5) is 19.3. The van der Waals surface area contributed by atoms with Gasteiger partial charge in [-0.05, 0) is 62.6 Å². The van der Waals surface area contributed by atoms with Gasteiger partial charge in [0, 0.05) is 37.9 Å². The molecule has 0 radical (unpaired) electrons. The van der Waals surface area contributed by atoms with Crippen LogP contribution in [0.3, 0.4) is 0 Å². The molecule has 1 aromatic rings. The maximum absolute atomic E-state index is 12.4. The van der Waals surface area contributed by atoms with Gasteiger partial charge >= 0.3 is 0 Å². The minimum absolute atomic E-state index is 0.0278. The molecule has 0 unspecified atom stereocenters. The van der Waals surface area contributed by atoms with E-state index in [0.717, 1.165) is 57.7 Å². The van der Waals surface area contributed by atoms with Gasteiger partial charge in [-0.2, -0.15) is 0 Å². The van der Waals surface area contributed by atoms with E-state index < -0.39 is 0 Å². The van der Waals surface area contributed by atoms with E-state index in [1.54, 1.807) is 6.20 Å². The number of aromatic nitrogens is 1. The maximum Gasteiger partial charge on any atom is 0.252 e. The highest BCUT2D eigenvalue weighted by Crippen LogP contribution is 2.20. The van der Waals surface area contributed by atoms with Gasteiger partial charge < -0.3 is 21.3 Å². The zero-order valence-electron chi connectivity index (χ0n) is 16.8. The molecule has 4 N–H and O–H groups in total. The van der Waals surface area contributed by atoms with E-state index in [-0.39, 0.29) is 5.91 Å². The van der Waals surface area contributed by atoms with Crippen molar-refractivity contribution in [3.05, 3.63) is 23.9 Å². The minimum atomic E-state index is -0.0278. The second-order valence-corrected chi connectivity index (χ2v) is 8.71. The quantitative estimate of drug-likeness (QED) is 0.684. The summed E-state index contributed by atoms with van der Waals surface area (Å²) < 4.78 is 0. The first-order valence-corrected chi connectivity index (χ1v) is 10.5. The molecule has 1 saturated carbocycles. The molecule has 6 nitrogen and oxygen atoms in total. The maximum atomic E-state index is 12.4. The smallest absolute Gasteiger partial charge is 0.252 e. The van der Waals surface area contributed by atoms with E-state index in [2.05, 4.69) is 34.4 Å². The SMILES string of the molecule is CC(C)CN1CC[C@@H](CNC(=O)c2ccc(NC3CCC(N)CC3)nc2)C1. The Labute approximate surface area is 163 Å². The van der Waals surface area contributed by atoms with Crippen molar-refractivity contribution in [2.24, 2.45) is 17.6 Å². The van der Waals surface area contributed by atoms with Crippen LogP contribution in [0.25, 0.3) is 0 Å². The molecule has 2 aliphatic rings. The Morgan fingerprint density at radius 1 is 1.26 bits per heavy atom. The van der Waals surface area contributed by atoms with Crippen LogP contribution in [-0.4, -0.2) is 54.1 Å². The van der Waals surface area contributed by atoms with Gasteiger partial charge in [0.1, 0.15) is 5.82 Å². The summed E-state index contributed by atoms with van der Waals surface area (Å²) in [5, 5.41) is 6.54. The lowest BCUT2D eigenvalue weighted by molar-refractivity contribution is 0.0947. The van der Waals surface area contributed by atoms with Crippen LogP contribution in [0.1, 0.15) is 56.3 Å². The summed E-state index contributed by atoms with van der Waals surface area (Å²) in [6.07, 6.45) is 7.13. The molecule has 1 atom stereocenters. The number of nitrogens with zero attached hydrogens (tertiary/aromatic N) is 2. The number of hydrogen-bond acceptors (Lipinski definition) is 5. The first-order valence-electron chi connectivity index (χ1n) is 10.5. The summed E-state index contributed by atoms with van der Waals surface area (Å²) in [7, 11) is 0. The zero-order valence-corrected chi connectivity index (χ0v) is 16.8. The average molecular weight is 374 g/mol. The van der Waals surface area contributed by atoms with Gasteiger partial charge in [-0.15, -0.1) is 0 Å². The molecule has 27 heavy (non-hydrogen) atoms. The van der Waals surface area contributed by atoms with Gasteiger partial charge in [-0.25, -0.2) is 4.98 Å². The van der Waals surface area contributed by atoms with Crippen molar-refractivity contribution in [3.63, 3.8) is 0 Å². The number of nitrogens with two attached hydrogens (primary N) is 1. The van der Waals surface area contributed by atoms with Crippen molar-refractivity contribution in [2.75, 3.05) is 31.5 Å². The molecule has 0 bridgehead atoms. The topological polar surface area (TPSA) is 83.3 Å². The van der Waals surface area contributed by atoms with Crippen LogP contribution in [0.15, 0.2) is 18.3 Å². The number of nitrogens with one attached hydrogen (secondary N) is 2. The lowest BCUT2D eigenvalue weighted by atomic mass is 9.92. The Bertz CT molecular complexity index is 595. The molecule has 3 rings (SSSR count). The Hall–Kier alpha value is -1.66. The van der Waals surface area contributed by atoms with E-state index in [4.69, 9.17) is 5.73 Å². The highest BCUT2D eigenvalue weighted by molar-refractivity contribution is 5.94. The lowest BCUT2D eigenvalue weighted by Crippen LogP contribution is -2.33. The second kappa shape index (κ2) is 9.51. The lowest BCUT2D eigenvalue weighted by Gasteiger charge is -2.27. The summed E-state index contributed by atoms with van der Waals surface area (Å²) in [5.74, 6) is 2.06. The second-order valence-electron chi connectivity index (χ2n) is 8.71. The minimum Gasteiger partial charge on any atom is -0.367 e. The third-order valence-electron chi connectivity index (χ3n) is 5.69. The van der Waals surface area contributed by atoms with Gasteiger partial charge in [0.15, 0.2) is 0 Å². The fourth-order valence-corrected chi connectivity index (χ4v) is 4.19. The molecule has 1 aliphatic heterocycles. The normalized spacial score (nSPS) is 26.3. The molecule has 2 fully saturated rings. The predicted octanol–water partition coefficient (Wildman–Crippen LogP) is 2.47. The van der Waals surface area contributed by atoms with Gasteiger partial charge in [-0.3, -0.25) is 4.79 Å². The van der Waals surface area contributed by atoms with E-state index in [1.807, 2.05) is 12.1 Å². The number of hydrogen-bond donors (Lipinski definition) is 3. The van der Waals surface area contributed by atoms with Crippen molar-refractivity contribution in [1.82, 2.24) is 15.2 Å². The first-order chi connectivity index (χ1) is 13.0. The molecule has 1 saturated heterocycles. The van der Waals surface area contributed by atoms with E-state index >= 15 is 0 Å². The predicted molar refractivity (Wildman–Crippen MR) is 110 cm³/mol. The molecule has 1 aliphatic carbocycles. The summed E-state index contributed by atoms with van der Waals surface area (Å²) in [5.41, 5.74) is 6.58. The molecule has 0 spiro atoms. The number of carbonyl (C=O) groups excluding carboxylic acids is 1. The number of rotatable bonds is 7. The summed E-state index contributed by atoms with van der Waals surface area (Å²) >= 11 is 0. The Kier molecular flexibility index (Phi) is 7.07. The van der Waals surface area contributed by atoms with Gasteiger partial charge in [0.05, 0.1) is 5.56 Å². The number of likely N-dealkylation sites (tertiary alicyclic amines) is 1. The molecule has 150 valence electrons. The Morgan fingerprint density at radius 3 is 2.70 bits per heavy atom. The molecular formula is C21H35N5O. The van der Waals surface area contributed by atoms with Crippen molar-refractivity contribution in [3.8, 4) is 0 Å². The molecular weight excluding hydrogens is 338 g/mol. The van der Waals surface area contributed by atoms with Crippen molar-refractivity contribution < 1.29 is 4.79 Å². The van der Waals surface area contributed by atoms with Crippen LogP contribution < -0.4 is 16.4 Å². The number of pyridine rings is 1. The molecule has 1 amide bonds. The van der Waals surface area contributed by atoms with Crippen LogP contribution in [0.2, 0.25) is 0 Å². The Morgan fingerprint density at radius 2 is 2.04 bits per heavy atom. The van der Waals surface area contributed by atoms with Gasteiger partial charge in [-0.1, -0.05) is 13.8 Å². The monoisotopic (exact) mass is 373 g/mol. The van der Waals surface area contributed by atoms with Gasteiger partial charge in [0.2, 0.25) is 0 Å². The first kappa shape index (κ1) is 20.1. The number of amides is 1. The van der Waals surface area contributed by atoms with E-state index in [1.165, 1.54) is 6.42 Å². The molecule has 2 heterocycles. The van der Waals surface area contributed by atoms with Crippen molar-refractivity contribution in [2.45, 2.75) is 58.0 Å². The third kappa shape index (κ3) is 6.18. The fraction of sp³-hybridized carbons (Fsp3) is 0.714. The summed E-state index contributed by atoms with van der Waals surface area (Å²) in [6.45, 7) is 8.64. The van der Waals surface area contributed by atoms with Crippen LogP contribution in [0.5, 0.6) is 0 Å². The number of carbonyl (C=O) groups is 1. The molecule has 6 heteroatoms. The molecule has 1 aromatic heterocycles. The Balaban J connectivity index is 1.41. The van der Waals surface area contributed by atoms with Crippen LogP contribution in [-0.2, 0) is 0 Å². The third-order valence-corrected chi connectivity index (χ3v) is 5.69. The van der Waals surface area contributed by atoms with Crippen LogP contribution in [0.4, 0.5) is 5.82 Å². The summed E-state index contributed by atoms with van der Waals surface area (Å²) in [6, 6.07) is 4.55. The van der Waals surface area contributed by atoms with E-state index in [9.17, 15) is 4.79 Å². The standard InChI is InChI=1S/C21H35N5O/c1-15(2)13-26-10-9-16(14-26)11-24-21(27)17-3-8-20(23-12-17)25-19-6-4-18(22)5-7-19/h3,8,12,15-16,18-19H,4-7,9-11,13-14,22H2,1-2H3,(H,23,25)(H,24,27)/t16-,18?,19?/m0/s1. The molecule has 0 aromatic carbocycles. The number of anilines is 1. The highest BCUT2D eigenvalue weighted by Gasteiger charge is 2.23. The largest absolute Gasteiger partial charge is 0.367 e. The van der Waals surface area contributed by atoms with Crippen LogP contribution >= 0.6 is 0 Å².